The van der Waals surface area contributed by atoms with Crippen LogP contribution in [0.4, 0.5) is 13.9 Å². The summed E-state index contributed by atoms with van der Waals surface area (Å²) in [6.07, 6.45) is -2.53. The maximum Gasteiger partial charge on any atom is 0.305 e. The number of hydrogen-bond donors (Lipinski definition) is 1. The number of anilines is 1. The molecule has 1 atom stereocenters. The van der Waals surface area contributed by atoms with Crippen molar-refractivity contribution in [3.63, 3.8) is 0 Å². The maximum absolute atomic E-state index is 12.3. The molecule has 1 aromatic heterocycles. The molecule has 1 unspecified atom stereocenters. The van der Waals surface area contributed by atoms with E-state index in [0.717, 1.165) is 0 Å². The van der Waals surface area contributed by atoms with Gasteiger partial charge in [-0.25, -0.2) is 8.78 Å². The first-order chi connectivity index (χ1) is 8.92. The number of carbonyl (C=O) groups excluding carboxylic acids is 2. The van der Waals surface area contributed by atoms with Crippen molar-refractivity contribution < 1.29 is 23.1 Å². The van der Waals surface area contributed by atoms with Gasteiger partial charge in [0.2, 0.25) is 11.0 Å². The Labute approximate surface area is 112 Å². The van der Waals surface area contributed by atoms with E-state index in [9.17, 15) is 18.4 Å². The van der Waals surface area contributed by atoms with Gasteiger partial charge in [0.25, 0.3) is 6.43 Å². The lowest BCUT2D eigenvalue weighted by atomic mass is 10.0. The number of carbonyl (C=O) groups is 2. The minimum atomic E-state index is -2.71. The van der Waals surface area contributed by atoms with Crippen LogP contribution in [0, 0.1) is 5.92 Å². The molecular formula is C10H13F2N3O3S. The van der Waals surface area contributed by atoms with Crippen LogP contribution in [0.2, 0.25) is 0 Å². The molecule has 0 saturated carbocycles. The van der Waals surface area contributed by atoms with E-state index in [1.165, 1.54) is 7.11 Å². The maximum atomic E-state index is 12.3. The summed E-state index contributed by atoms with van der Waals surface area (Å²) < 4.78 is 29.0. The van der Waals surface area contributed by atoms with Gasteiger partial charge in [0.1, 0.15) is 0 Å². The molecule has 9 heteroatoms. The van der Waals surface area contributed by atoms with Crippen LogP contribution in [0.25, 0.3) is 0 Å². The zero-order valence-electron chi connectivity index (χ0n) is 10.4. The van der Waals surface area contributed by atoms with Crippen molar-refractivity contribution in [3.05, 3.63) is 5.01 Å². The Morgan fingerprint density at radius 2 is 2.05 bits per heavy atom. The second-order valence-electron chi connectivity index (χ2n) is 3.88. The van der Waals surface area contributed by atoms with E-state index in [0.29, 0.717) is 11.3 Å². The molecule has 1 amide bonds. The third-order valence-electron chi connectivity index (χ3n) is 2.15. The first-order valence-electron chi connectivity index (χ1n) is 5.40. The molecule has 0 aliphatic heterocycles. The van der Waals surface area contributed by atoms with Crippen LogP contribution in [0.15, 0.2) is 0 Å². The van der Waals surface area contributed by atoms with Crippen molar-refractivity contribution in [1.29, 1.82) is 0 Å². The van der Waals surface area contributed by atoms with Gasteiger partial charge >= 0.3 is 5.97 Å². The van der Waals surface area contributed by atoms with Gasteiger partial charge in [-0.3, -0.25) is 9.59 Å². The van der Waals surface area contributed by atoms with Gasteiger partial charge in [-0.15, -0.1) is 10.2 Å². The fourth-order valence-corrected chi connectivity index (χ4v) is 1.92. The lowest BCUT2D eigenvalue weighted by molar-refractivity contribution is -0.141. The van der Waals surface area contributed by atoms with E-state index in [4.69, 9.17) is 0 Å². The normalized spacial score (nSPS) is 12.3. The molecule has 1 aromatic rings. The third-order valence-corrected chi connectivity index (χ3v) is 3.00. The number of amides is 1. The van der Waals surface area contributed by atoms with Crippen LogP contribution >= 0.6 is 11.3 Å². The zero-order chi connectivity index (χ0) is 14.4. The summed E-state index contributed by atoms with van der Waals surface area (Å²) in [5, 5.41) is 8.60. The Morgan fingerprint density at radius 1 is 1.37 bits per heavy atom. The number of methoxy groups -OCH3 is 1. The summed E-state index contributed by atoms with van der Waals surface area (Å²) >= 11 is 0.619. The average molecular weight is 293 g/mol. The van der Waals surface area contributed by atoms with Crippen LogP contribution < -0.4 is 5.32 Å². The van der Waals surface area contributed by atoms with Crippen molar-refractivity contribution in [2.75, 3.05) is 12.4 Å². The largest absolute Gasteiger partial charge is 0.469 e. The summed E-state index contributed by atoms with van der Waals surface area (Å²) in [5.74, 6) is -1.03. The molecule has 1 heterocycles. The number of alkyl halides is 2. The monoisotopic (exact) mass is 293 g/mol. The highest BCUT2D eigenvalue weighted by atomic mass is 32.1. The number of ether oxygens (including phenoxy) is 1. The summed E-state index contributed by atoms with van der Waals surface area (Å²) in [4.78, 5) is 22.5. The molecule has 19 heavy (non-hydrogen) atoms. The Bertz CT molecular complexity index is 453. The number of aromatic nitrogens is 2. The highest BCUT2D eigenvalue weighted by Crippen LogP contribution is 2.25. The van der Waals surface area contributed by atoms with Crippen molar-refractivity contribution in [1.82, 2.24) is 10.2 Å². The predicted molar refractivity (Wildman–Crippen MR) is 63.9 cm³/mol. The SMILES string of the molecule is COC(=O)CC(C)CC(=O)Nc1nnc(C(F)F)s1. The lowest BCUT2D eigenvalue weighted by Crippen LogP contribution is -2.17. The first-order valence-corrected chi connectivity index (χ1v) is 6.22. The highest BCUT2D eigenvalue weighted by Gasteiger charge is 2.17. The van der Waals surface area contributed by atoms with Gasteiger partial charge in [0, 0.05) is 12.8 Å². The molecule has 0 aliphatic carbocycles. The summed E-state index contributed by atoms with van der Waals surface area (Å²) in [6, 6.07) is 0. The van der Waals surface area contributed by atoms with Gasteiger partial charge in [-0.05, 0) is 5.92 Å². The second-order valence-corrected chi connectivity index (χ2v) is 4.89. The molecular weight excluding hydrogens is 280 g/mol. The molecule has 0 saturated heterocycles. The van der Waals surface area contributed by atoms with E-state index in [2.05, 4.69) is 20.3 Å². The standard InChI is InChI=1S/C10H13F2N3O3S/c1-5(4-7(17)18-2)3-6(16)13-10-15-14-9(19-10)8(11)12/h5,8H,3-4H2,1-2H3,(H,13,15,16). The molecule has 1 N–H and O–H groups in total. The fraction of sp³-hybridized carbons (Fsp3) is 0.600. The zero-order valence-corrected chi connectivity index (χ0v) is 11.2. The number of esters is 1. The van der Waals surface area contributed by atoms with Crippen LogP contribution in [0.3, 0.4) is 0 Å². The quantitative estimate of drug-likeness (QED) is 0.811. The number of hydrogen-bond acceptors (Lipinski definition) is 6. The summed E-state index contributed by atoms with van der Waals surface area (Å²) in [5.41, 5.74) is 0. The fourth-order valence-electron chi connectivity index (χ4n) is 1.30. The van der Waals surface area contributed by atoms with Crippen LogP contribution in [-0.4, -0.2) is 29.2 Å². The highest BCUT2D eigenvalue weighted by molar-refractivity contribution is 7.15. The molecule has 1 rings (SSSR count). The van der Waals surface area contributed by atoms with E-state index < -0.39 is 23.3 Å². The molecule has 0 fully saturated rings. The molecule has 0 bridgehead atoms. The molecule has 106 valence electrons. The van der Waals surface area contributed by atoms with Gasteiger partial charge < -0.3 is 10.1 Å². The third kappa shape index (κ3) is 5.25. The summed E-state index contributed by atoms with van der Waals surface area (Å²) in [6.45, 7) is 1.71. The number of halogens is 2. The molecule has 0 radical (unpaired) electrons. The number of nitrogens with one attached hydrogen (secondary N) is 1. The van der Waals surface area contributed by atoms with Gasteiger partial charge in [0.05, 0.1) is 7.11 Å². The Kier molecular flexibility index (Phi) is 5.74. The minimum Gasteiger partial charge on any atom is -0.469 e. The molecule has 6 nitrogen and oxygen atoms in total. The molecule has 0 aromatic carbocycles. The average Bonchev–Trinajstić information content (AvgIpc) is 2.76. The van der Waals surface area contributed by atoms with Crippen molar-refractivity contribution in [2.45, 2.75) is 26.2 Å². The number of nitrogens with zero attached hydrogens (tertiary/aromatic N) is 2. The second kappa shape index (κ2) is 7.07. The Morgan fingerprint density at radius 3 is 2.58 bits per heavy atom. The van der Waals surface area contributed by atoms with Crippen LogP contribution in [-0.2, 0) is 14.3 Å². The van der Waals surface area contributed by atoms with Gasteiger partial charge in [-0.2, -0.15) is 0 Å². The van der Waals surface area contributed by atoms with Gasteiger partial charge in [-0.1, -0.05) is 18.3 Å². The van der Waals surface area contributed by atoms with E-state index >= 15 is 0 Å². The topological polar surface area (TPSA) is 81.2 Å². The first kappa shape index (κ1) is 15.4. The molecule has 0 spiro atoms. The summed E-state index contributed by atoms with van der Waals surface area (Å²) in [7, 11) is 1.27. The number of rotatable bonds is 6. The Balaban J connectivity index is 2.44. The van der Waals surface area contributed by atoms with Crippen molar-refractivity contribution >= 4 is 28.3 Å². The van der Waals surface area contributed by atoms with Crippen LogP contribution in [0.5, 0.6) is 0 Å². The van der Waals surface area contributed by atoms with Crippen molar-refractivity contribution in [2.24, 2.45) is 5.92 Å². The smallest absolute Gasteiger partial charge is 0.305 e. The lowest BCUT2D eigenvalue weighted by Gasteiger charge is -2.08. The predicted octanol–water partition coefficient (Wildman–Crippen LogP) is 2.00. The Hall–Kier alpha value is -1.64. The van der Waals surface area contributed by atoms with E-state index in [-0.39, 0.29) is 23.9 Å². The van der Waals surface area contributed by atoms with E-state index in [1.807, 2.05) is 0 Å². The van der Waals surface area contributed by atoms with Gasteiger partial charge in [0.15, 0.2) is 5.01 Å². The molecule has 0 aliphatic rings. The van der Waals surface area contributed by atoms with Crippen LogP contribution in [0.1, 0.15) is 31.2 Å². The van der Waals surface area contributed by atoms with E-state index in [1.54, 1.807) is 6.92 Å². The van der Waals surface area contributed by atoms with Crippen molar-refractivity contribution in [3.8, 4) is 0 Å². The minimum absolute atomic E-state index is 0.0190.